The maximum absolute atomic E-state index is 11.9. The summed E-state index contributed by atoms with van der Waals surface area (Å²) >= 11 is 0. The molecule has 0 saturated heterocycles. The lowest BCUT2D eigenvalue weighted by Crippen LogP contribution is -2.40. The normalized spacial score (nSPS) is 41.0. The van der Waals surface area contributed by atoms with E-state index in [-0.39, 0.29) is 5.41 Å². The zero-order valence-electron chi connectivity index (χ0n) is 10.2. The fourth-order valence-electron chi connectivity index (χ4n) is 3.54. The molecular formula is C14H22O. The van der Waals surface area contributed by atoms with Crippen molar-refractivity contribution in [3.05, 3.63) is 11.6 Å². The molecule has 0 radical (unpaired) electrons. The summed E-state index contributed by atoms with van der Waals surface area (Å²) in [6.45, 7) is 6.76. The molecule has 0 unspecified atom stereocenters. The Hall–Kier alpha value is -0.590. The van der Waals surface area contributed by atoms with Crippen LogP contribution in [0.15, 0.2) is 11.6 Å². The van der Waals surface area contributed by atoms with Crippen LogP contribution in [0.5, 0.6) is 0 Å². The molecule has 1 saturated carbocycles. The Morgan fingerprint density at radius 2 is 2.27 bits per heavy atom. The molecule has 1 heteroatoms. The van der Waals surface area contributed by atoms with Crippen LogP contribution in [0, 0.1) is 17.3 Å². The molecule has 0 amide bonds. The Balaban J connectivity index is 2.33. The monoisotopic (exact) mass is 206 g/mol. The Bertz CT molecular complexity index is 302. The van der Waals surface area contributed by atoms with Gasteiger partial charge in [0, 0.05) is 6.42 Å². The summed E-state index contributed by atoms with van der Waals surface area (Å²) in [5, 5.41) is 0. The Morgan fingerprint density at radius 1 is 1.53 bits per heavy atom. The predicted octanol–water partition coefficient (Wildman–Crippen LogP) is 3.74. The zero-order valence-corrected chi connectivity index (χ0v) is 10.2. The van der Waals surface area contributed by atoms with E-state index in [4.69, 9.17) is 0 Å². The molecule has 2 aliphatic carbocycles. The molecule has 84 valence electrons. The first-order valence-corrected chi connectivity index (χ1v) is 6.31. The van der Waals surface area contributed by atoms with Crippen molar-refractivity contribution in [1.82, 2.24) is 0 Å². The Labute approximate surface area is 92.9 Å². The van der Waals surface area contributed by atoms with Crippen molar-refractivity contribution in [1.29, 1.82) is 0 Å². The Morgan fingerprint density at radius 3 is 2.93 bits per heavy atom. The SMILES string of the molecule is CCC1=C[C@H]2[C@H](C)CCC[C@]2(C)CC1=O. The van der Waals surface area contributed by atoms with E-state index in [0.29, 0.717) is 11.7 Å². The van der Waals surface area contributed by atoms with Gasteiger partial charge in [0.15, 0.2) is 5.78 Å². The summed E-state index contributed by atoms with van der Waals surface area (Å²) < 4.78 is 0. The molecule has 0 aromatic rings. The second-order valence-corrected chi connectivity index (χ2v) is 5.69. The van der Waals surface area contributed by atoms with Crippen molar-refractivity contribution in [2.24, 2.45) is 17.3 Å². The summed E-state index contributed by atoms with van der Waals surface area (Å²) in [6.07, 6.45) is 7.88. The number of carbonyl (C=O) groups is 1. The summed E-state index contributed by atoms with van der Waals surface area (Å²) in [4.78, 5) is 11.9. The quantitative estimate of drug-likeness (QED) is 0.638. The van der Waals surface area contributed by atoms with Crippen LogP contribution in [-0.4, -0.2) is 5.78 Å². The molecule has 2 aliphatic rings. The van der Waals surface area contributed by atoms with Crippen LogP contribution in [-0.2, 0) is 4.79 Å². The molecular weight excluding hydrogens is 184 g/mol. The molecule has 0 aromatic carbocycles. The first-order chi connectivity index (χ1) is 7.07. The van der Waals surface area contributed by atoms with Gasteiger partial charge in [0.1, 0.15) is 0 Å². The highest BCUT2D eigenvalue weighted by molar-refractivity contribution is 5.96. The minimum absolute atomic E-state index is 0.271. The average Bonchev–Trinajstić information content (AvgIpc) is 2.16. The molecule has 1 fully saturated rings. The van der Waals surface area contributed by atoms with E-state index in [2.05, 4.69) is 26.8 Å². The van der Waals surface area contributed by atoms with Gasteiger partial charge in [-0.15, -0.1) is 0 Å². The standard InChI is InChI=1S/C14H22O/c1-4-11-8-12-10(2)6-5-7-14(12,3)9-13(11)15/h8,10,12H,4-7,9H2,1-3H3/t10-,12+,14-/m1/s1. The largest absolute Gasteiger partial charge is 0.295 e. The van der Waals surface area contributed by atoms with Gasteiger partial charge in [-0.1, -0.05) is 39.7 Å². The van der Waals surface area contributed by atoms with Gasteiger partial charge in [0.05, 0.1) is 0 Å². The van der Waals surface area contributed by atoms with Crippen LogP contribution in [0.1, 0.15) is 52.9 Å². The van der Waals surface area contributed by atoms with Gasteiger partial charge >= 0.3 is 0 Å². The first kappa shape index (κ1) is 10.9. The van der Waals surface area contributed by atoms with Gasteiger partial charge in [0.25, 0.3) is 0 Å². The third-order valence-electron chi connectivity index (χ3n) is 4.51. The van der Waals surface area contributed by atoms with Crippen molar-refractivity contribution in [3.63, 3.8) is 0 Å². The maximum Gasteiger partial charge on any atom is 0.159 e. The van der Waals surface area contributed by atoms with Crippen LogP contribution >= 0.6 is 0 Å². The first-order valence-electron chi connectivity index (χ1n) is 6.31. The fourth-order valence-corrected chi connectivity index (χ4v) is 3.54. The van der Waals surface area contributed by atoms with Crippen LogP contribution in [0.25, 0.3) is 0 Å². The highest BCUT2D eigenvalue weighted by atomic mass is 16.1. The van der Waals surface area contributed by atoms with E-state index in [0.717, 1.165) is 24.3 Å². The number of ketones is 1. The number of allylic oxidation sites excluding steroid dienone is 2. The van der Waals surface area contributed by atoms with E-state index >= 15 is 0 Å². The minimum Gasteiger partial charge on any atom is -0.295 e. The molecule has 0 heterocycles. The molecule has 0 N–H and O–H groups in total. The van der Waals surface area contributed by atoms with Crippen LogP contribution in [0.3, 0.4) is 0 Å². The summed E-state index contributed by atoms with van der Waals surface area (Å²) in [7, 11) is 0. The average molecular weight is 206 g/mol. The van der Waals surface area contributed by atoms with Crippen molar-refractivity contribution in [2.75, 3.05) is 0 Å². The van der Waals surface area contributed by atoms with Crippen LogP contribution in [0.4, 0.5) is 0 Å². The summed E-state index contributed by atoms with van der Waals surface area (Å²) in [5.74, 6) is 1.82. The number of rotatable bonds is 1. The van der Waals surface area contributed by atoms with Gasteiger partial charge < -0.3 is 0 Å². The topological polar surface area (TPSA) is 17.1 Å². The molecule has 0 aromatic heterocycles. The van der Waals surface area contributed by atoms with Gasteiger partial charge in [-0.05, 0) is 35.7 Å². The molecule has 3 atom stereocenters. The number of carbonyl (C=O) groups excluding carboxylic acids is 1. The molecule has 0 bridgehead atoms. The third-order valence-corrected chi connectivity index (χ3v) is 4.51. The molecule has 2 rings (SSSR count). The minimum atomic E-state index is 0.271. The molecule has 0 aliphatic heterocycles. The van der Waals surface area contributed by atoms with Crippen LogP contribution < -0.4 is 0 Å². The lowest BCUT2D eigenvalue weighted by Gasteiger charge is -2.46. The van der Waals surface area contributed by atoms with Crippen molar-refractivity contribution < 1.29 is 4.79 Å². The second-order valence-electron chi connectivity index (χ2n) is 5.69. The highest BCUT2D eigenvalue weighted by Crippen LogP contribution is 2.50. The summed E-state index contributed by atoms with van der Waals surface area (Å²) in [5.41, 5.74) is 1.36. The van der Waals surface area contributed by atoms with Crippen molar-refractivity contribution >= 4 is 5.78 Å². The lowest BCUT2D eigenvalue weighted by atomic mass is 9.58. The fraction of sp³-hybridized carbons (Fsp3) is 0.786. The van der Waals surface area contributed by atoms with E-state index in [9.17, 15) is 4.79 Å². The smallest absolute Gasteiger partial charge is 0.159 e. The highest BCUT2D eigenvalue weighted by Gasteiger charge is 2.43. The maximum atomic E-state index is 11.9. The molecule has 1 nitrogen and oxygen atoms in total. The second kappa shape index (κ2) is 3.77. The molecule has 15 heavy (non-hydrogen) atoms. The number of hydrogen-bond donors (Lipinski definition) is 0. The van der Waals surface area contributed by atoms with E-state index < -0.39 is 0 Å². The third kappa shape index (κ3) is 1.77. The van der Waals surface area contributed by atoms with E-state index in [1.807, 2.05) is 0 Å². The van der Waals surface area contributed by atoms with Gasteiger partial charge in [-0.25, -0.2) is 0 Å². The number of hydrogen-bond acceptors (Lipinski definition) is 1. The van der Waals surface area contributed by atoms with Gasteiger partial charge in [0.2, 0.25) is 0 Å². The van der Waals surface area contributed by atoms with Crippen molar-refractivity contribution in [2.45, 2.75) is 52.9 Å². The Kier molecular flexibility index (Phi) is 2.74. The molecule has 0 spiro atoms. The van der Waals surface area contributed by atoms with E-state index in [1.165, 1.54) is 19.3 Å². The predicted molar refractivity (Wildman–Crippen MR) is 62.6 cm³/mol. The van der Waals surface area contributed by atoms with Crippen molar-refractivity contribution in [3.8, 4) is 0 Å². The van der Waals surface area contributed by atoms with E-state index in [1.54, 1.807) is 0 Å². The zero-order chi connectivity index (χ0) is 11.1. The lowest BCUT2D eigenvalue weighted by molar-refractivity contribution is -0.120. The number of fused-ring (bicyclic) bond motifs is 1. The number of Topliss-reactive ketones (excluding diaryl/α,β-unsaturated/α-hetero) is 1. The van der Waals surface area contributed by atoms with Crippen LogP contribution in [0.2, 0.25) is 0 Å². The van der Waals surface area contributed by atoms with Gasteiger partial charge in [-0.3, -0.25) is 4.79 Å². The van der Waals surface area contributed by atoms with Gasteiger partial charge in [-0.2, -0.15) is 0 Å². The summed E-state index contributed by atoms with van der Waals surface area (Å²) in [6, 6.07) is 0.